The Kier molecular flexibility index (Phi) is 14.5. The number of halogens is 12. The van der Waals surface area contributed by atoms with Gasteiger partial charge in [-0.2, -0.15) is 0 Å². The summed E-state index contributed by atoms with van der Waals surface area (Å²) in [7, 11) is -18.0. The molecule has 1 fully saturated rings. The molecule has 1 amide bonds. The second-order valence-corrected chi connectivity index (χ2v) is 6.01. The van der Waals surface area contributed by atoms with Crippen molar-refractivity contribution in [2.75, 3.05) is 13.1 Å². The highest BCUT2D eigenvalue weighted by Crippen LogP contribution is 2.14. The van der Waals surface area contributed by atoms with Crippen LogP contribution in [-0.4, -0.2) is 51.4 Å². The van der Waals surface area contributed by atoms with E-state index in [2.05, 4.69) is 0 Å². The van der Waals surface area contributed by atoms with Crippen LogP contribution in [0.25, 0.3) is 0 Å². The average molecular weight is 446 g/mol. The van der Waals surface area contributed by atoms with Crippen LogP contribution in [0.4, 0.5) is 56.6 Å². The molecule has 18 heteroatoms. The van der Waals surface area contributed by atoms with E-state index in [1.165, 1.54) is 6.42 Å². The summed E-state index contributed by atoms with van der Waals surface area (Å²) in [6.07, 6.45) is 3.30. The molecule has 1 saturated heterocycles. The van der Waals surface area contributed by atoms with Crippen LogP contribution < -0.4 is 0 Å². The molecule has 3 nitrogen and oxygen atoms in total. The average Bonchev–Trinajstić information content (AvgIpc) is 2.31. The summed E-state index contributed by atoms with van der Waals surface area (Å²) in [5, 5.41) is 0. The summed E-state index contributed by atoms with van der Waals surface area (Å²) in [6.45, 7) is 7.41. The topological polar surface area (TPSA) is 29.5 Å². The third-order valence-corrected chi connectivity index (χ3v) is 2.01. The highest BCUT2D eigenvalue weighted by molar-refractivity contribution is 6.50. The van der Waals surface area contributed by atoms with E-state index in [-0.39, 0.29) is 11.7 Å². The minimum absolute atomic E-state index is 0.160. The predicted octanol–water partition coefficient (Wildman–Crippen LogP) is 6.31. The third kappa shape index (κ3) is 56.3. The molecule has 0 bridgehead atoms. The van der Waals surface area contributed by atoms with Gasteiger partial charge in [-0.3, -0.25) is 0 Å². The number of piperidine rings is 1. The van der Waals surface area contributed by atoms with Crippen molar-refractivity contribution in [3.8, 4) is 0 Å². The Morgan fingerprint density at radius 1 is 0.679 bits per heavy atom. The molecule has 0 saturated carbocycles. The van der Waals surface area contributed by atoms with Crippen LogP contribution in [-0.2, 0) is 4.74 Å². The zero-order valence-corrected chi connectivity index (χ0v) is 15.1. The van der Waals surface area contributed by atoms with E-state index in [0.29, 0.717) is 0 Å². The summed E-state index contributed by atoms with van der Waals surface area (Å²) in [5.74, 6) is 0. The fourth-order valence-electron chi connectivity index (χ4n) is 1.40. The molecule has 1 heterocycles. The van der Waals surface area contributed by atoms with Crippen molar-refractivity contribution in [2.45, 2.75) is 45.6 Å². The van der Waals surface area contributed by atoms with Crippen molar-refractivity contribution in [1.82, 2.24) is 4.90 Å². The highest BCUT2D eigenvalue weighted by atomic mass is 19.5. The van der Waals surface area contributed by atoms with Crippen molar-refractivity contribution in [3.63, 3.8) is 0 Å². The van der Waals surface area contributed by atoms with Gasteiger partial charge >= 0.3 is 27.9 Å². The Hall–Kier alpha value is -1.38. The summed E-state index contributed by atoms with van der Waals surface area (Å²) < 4.78 is 122. The number of nitrogens with zero attached hydrogens (tertiary/aromatic N) is 1. The molecule has 0 aromatic rings. The molecule has 0 unspecified atom stereocenters. The zero-order valence-electron chi connectivity index (χ0n) is 15.1. The SMILES string of the molecule is CC(C)(C)OC(=O)N1CCCCC1.F[B-](F)(F)F.F[B-](F)(F)F.F[B-](F)(F)F. The van der Waals surface area contributed by atoms with Crippen molar-refractivity contribution in [2.24, 2.45) is 0 Å². The molecule has 0 aliphatic carbocycles. The summed E-state index contributed by atoms with van der Waals surface area (Å²) in [5.41, 5.74) is -0.367. The Morgan fingerprint density at radius 2 is 0.929 bits per heavy atom. The standard InChI is InChI=1S/C10H19NO2.3BF4/c1-10(2,3)13-9(12)11-7-5-4-6-8-11;3*2-1(3,4)5/h4-8H2,1-3H3;;;/q;3*-1. The third-order valence-electron chi connectivity index (χ3n) is 2.01. The summed E-state index contributed by atoms with van der Waals surface area (Å²) in [4.78, 5) is 13.3. The fraction of sp³-hybridized carbons (Fsp3) is 0.900. The normalized spacial score (nSPS) is 15.0. The molecule has 0 spiro atoms. The molecular formula is C10H19B3F12NO2-3. The van der Waals surface area contributed by atoms with E-state index in [1.54, 1.807) is 4.90 Å². The quantitative estimate of drug-likeness (QED) is 0.323. The number of hydrogen-bond donors (Lipinski definition) is 0. The minimum Gasteiger partial charge on any atom is -0.444 e. The van der Waals surface area contributed by atoms with Gasteiger partial charge in [0.1, 0.15) is 5.60 Å². The van der Waals surface area contributed by atoms with Gasteiger partial charge in [-0.1, -0.05) is 0 Å². The van der Waals surface area contributed by atoms with Gasteiger partial charge in [0.2, 0.25) is 0 Å². The molecule has 0 N–H and O–H groups in total. The molecule has 172 valence electrons. The highest BCUT2D eigenvalue weighted by Gasteiger charge is 2.23. The molecule has 1 rings (SSSR count). The lowest BCUT2D eigenvalue weighted by molar-refractivity contribution is 0.0215. The van der Waals surface area contributed by atoms with E-state index < -0.39 is 21.8 Å². The van der Waals surface area contributed by atoms with Crippen LogP contribution in [0.3, 0.4) is 0 Å². The Balaban J connectivity index is -0.000000347. The smallest absolute Gasteiger partial charge is 0.444 e. The van der Waals surface area contributed by atoms with Crippen LogP contribution in [0.2, 0.25) is 0 Å². The van der Waals surface area contributed by atoms with Crippen LogP contribution >= 0.6 is 0 Å². The molecule has 1 aliphatic heterocycles. The predicted molar refractivity (Wildman–Crippen MR) is 82.2 cm³/mol. The molecule has 0 radical (unpaired) electrons. The number of hydrogen-bond acceptors (Lipinski definition) is 2. The van der Waals surface area contributed by atoms with Gasteiger partial charge in [0, 0.05) is 13.1 Å². The van der Waals surface area contributed by atoms with E-state index in [9.17, 15) is 56.6 Å². The maximum absolute atomic E-state index is 11.5. The second-order valence-electron chi connectivity index (χ2n) is 6.01. The lowest BCUT2D eigenvalue weighted by atomic mass is 10.1. The van der Waals surface area contributed by atoms with Crippen molar-refractivity contribution >= 4 is 27.9 Å². The monoisotopic (exact) mass is 446 g/mol. The Bertz CT molecular complexity index is 369. The van der Waals surface area contributed by atoms with Gasteiger partial charge in [0.25, 0.3) is 0 Å². The maximum atomic E-state index is 11.5. The summed E-state index contributed by atoms with van der Waals surface area (Å²) >= 11 is 0. The van der Waals surface area contributed by atoms with E-state index in [1.807, 2.05) is 20.8 Å². The first kappa shape index (κ1) is 31.3. The summed E-state index contributed by atoms with van der Waals surface area (Å²) in [6, 6.07) is 0. The molecule has 0 atom stereocenters. The minimum atomic E-state index is -6.00. The van der Waals surface area contributed by atoms with Gasteiger partial charge in [0.05, 0.1) is 0 Å². The van der Waals surface area contributed by atoms with E-state index in [0.717, 1.165) is 25.9 Å². The molecule has 0 aromatic heterocycles. The van der Waals surface area contributed by atoms with Crippen LogP contribution in [0.5, 0.6) is 0 Å². The maximum Gasteiger partial charge on any atom is 0.673 e. The van der Waals surface area contributed by atoms with Crippen LogP contribution in [0.1, 0.15) is 40.0 Å². The van der Waals surface area contributed by atoms with Crippen LogP contribution in [0, 0.1) is 0 Å². The Labute approximate surface area is 154 Å². The Morgan fingerprint density at radius 3 is 1.14 bits per heavy atom. The van der Waals surface area contributed by atoms with Crippen molar-refractivity contribution < 1.29 is 61.3 Å². The largest absolute Gasteiger partial charge is 0.673 e. The molecule has 1 aliphatic rings. The van der Waals surface area contributed by atoms with Crippen molar-refractivity contribution in [1.29, 1.82) is 0 Å². The fourth-order valence-corrected chi connectivity index (χ4v) is 1.40. The number of rotatable bonds is 0. The number of likely N-dealkylation sites (tertiary alicyclic amines) is 1. The van der Waals surface area contributed by atoms with E-state index >= 15 is 0 Å². The lowest BCUT2D eigenvalue weighted by Crippen LogP contribution is -2.39. The van der Waals surface area contributed by atoms with Crippen molar-refractivity contribution in [3.05, 3.63) is 0 Å². The van der Waals surface area contributed by atoms with Gasteiger partial charge in [-0.05, 0) is 40.0 Å². The van der Waals surface area contributed by atoms with Crippen LogP contribution in [0.15, 0.2) is 0 Å². The first-order valence-electron chi connectivity index (χ1n) is 7.59. The van der Waals surface area contributed by atoms with Gasteiger partial charge in [-0.15, -0.1) is 0 Å². The zero-order chi connectivity index (χ0) is 23.4. The molecular weight excluding hydrogens is 427 g/mol. The first-order valence-corrected chi connectivity index (χ1v) is 7.59. The number of amides is 1. The van der Waals surface area contributed by atoms with E-state index in [4.69, 9.17) is 4.74 Å². The van der Waals surface area contributed by atoms with Gasteiger partial charge < -0.3 is 61.4 Å². The molecule has 0 aromatic carbocycles. The molecule has 28 heavy (non-hydrogen) atoms. The second kappa shape index (κ2) is 13.0. The number of ether oxygens (including phenoxy) is 1. The number of carbonyl (C=O) groups is 1. The van der Waals surface area contributed by atoms with Gasteiger partial charge in [0.15, 0.2) is 0 Å². The first-order chi connectivity index (χ1) is 12.0. The lowest BCUT2D eigenvalue weighted by Gasteiger charge is -2.29. The van der Waals surface area contributed by atoms with Gasteiger partial charge in [-0.25, -0.2) is 4.79 Å². The number of carbonyl (C=O) groups excluding carboxylic acids is 1.